The van der Waals surface area contributed by atoms with Gasteiger partial charge in [-0.25, -0.2) is 4.79 Å². The predicted molar refractivity (Wildman–Crippen MR) is 68.2 cm³/mol. The first kappa shape index (κ1) is 11.5. The van der Waals surface area contributed by atoms with Gasteiger partial charge in [0.05, 0.1) is 17.7 Å². The standard InChI is InChI=1S/C8H5ClI2O2/c1-13-8(12)6-5(10)3-2-4(9)7(6)11/h2-3H,1H3. The summed E-state index contributed by atoms with van der Waals surface area (Å²) in [6.45, 7) is 0. The van der Waals surface area contributed by atoms with E-state index in [4.69, 9.17) is 11.6 Å². The van der Waals surface area contributed by atoms with Crippen molar-refractivity contribution in [3.05, 3.63) is 29.9 Å². The van der Waals surface area contributed by atoms with Crippen LogP contribution in [0.5, 0.6) is 0 Å². The number of hydrogen-bond acceptors (Lipinski definition) is 2. The number of carbonyl (C=O) groups is 1. The number of benzene rings is 1. The highest BCUT2D eigenvalue weighted by Crippen LogP contribution is 2.26. The maximum atomic E-state index is 11.3. The van der Waals surface area contributed by atoms with Gasteiger partial charge < -0.3 is 4.74 Å². The largest absolute Gasteiger partial charge is 0.465 e. The van der Waals surface area contributed by atoms with Crippen LogP contribution in [0.15, 0.2) is 12.1 Å². The second kappa shape index (κ2) is 4.79. The number of carbonyl (C=O) groups excluding carboxylic acids is 1. The molecule has 1 aromatic rings. The molecule has 0 aliphatic rings. The molecular weight excluding hydrogens is 417 g/mol. The van der Waals surface area contributed by atoms with Gasteiger partial charge in [-0.1, -0.05) is 11.6 Å². The SMILES string of the molecule is COC(=O)c1c(I)ccc(Cl)c1I. The lowest BCUT2D eigenvalue weighted by molar-refractivity contribution is 0.0598. The van der Waals surface area contributed by atoms with E-state index in [0.29, 0.717) is 10.6 Å². The fourth-order valence-electron chi connectivity index (χ4n) is 0.816. The fraction of sp³-hybridized carbons (Fsp3) is 0.125. The third-order valence-corrected chi connectivity index (χ3v) is 4.09. The molecule has 2 nitrogen and oxygen atoms in total. The molecule has 0 unspecified atom stereocenters. The molecule has 70 valence electrons. The van der Waals surface area contributed by atoms with Gasteiger partial charge in [0.1, 0.15) is 0 Å². The molecule has 0 aliphatic carbocycles. The highest BCUT2D eigenvalue weighted by molar-refractivity contribution is 14.1. The number of halogens is 3. The smallest absolute Gasteiger partial charge is 0.340 e. The molecule has 0 atom stereocenters. The number of ether oxygens (including phenoxy) is 1. The minimum absolute atomic E-state index is 0.351. The molecule has 0 aliphatic heterocycles. The van der Waals surface area contributed by atoms with Crippen LogP contribution < -0.4 is 0 Å². The molecule has 13 heavy (non-hydrogen) atoms. The quantitative estimate of drug-likeness (QED) is 0.394. The predicted octanol–water partition coefficient (Wildman–Crippen LogP) is 3.34. The van der Waals surface area contributed by atoms with Crippen LogP contribution in [0.4, 0.5) is 0 Å². The summed E-state index contributed by atoms with van der Waals surface area (Å²) in [5.41, 5.74) is 0.538. The molecule has 1 rings (SSSR count). The molecular formula is C8H5ClI2O2. The topological polar surface area (TPSA) is 26.3 Å². The van der Waals surface area contributed by atoms with Crippen molar-refractivity contribution in [2.75, 3.05) is 7.11 Å². The average molecular weight is 422 g/mol. The minimum Gasteiger partial charge on any atom is -0.465 e. The van der Waals surface area contributed by atoms with E-state index < -0.39 is 0 Å². The van der Waals surface area contributed by atoms with Crippen molar-refractivity contribution in [1.29, 1.82) is 0 Å². The summed E-state index contributed by atoms with van der Waals surface area (Å²) in [4.78, 5) is 11.3. The van der Waals surface area contributed by atoms with E-state index in [-0.39, 0.29) is 5.97 Å². The number of esters is 1. The molecule has 0 spiro atoms. The van der Waals surface area contributed by atoms with E-state index in [9.17, 15) is 4.79 Å². The van der Waals surface area contributed by atoms with E-state index in [1.165, 1.54) is 7.11 Å². The molecule has 0 heterocycles. The van der Waals surface area contributed by atoms with Crippen molar-refractivity contribution in [1.82, 2.24) is 0 Å². The van der Waals surface area contributed by atoms with Gasteiger partial charge in [-0.2, -0.15) is 0 Å². The summed E-state index contributed by atoms with van der Waals surface area (Å²) >= 11 is 9.98. The van der Waals surface area contributed by atoms with E-state index in [0.717, 1.165) is 7.14 Å². The van der Waals surface area contributed by atoms with E-state index in [1.807, 2.05) is 22.6 Å². The summed E-state index contributed by atoms with van der Waals surface area (Å²) in [5.74, 6) is -0.351. The molecule has 0 bridgehead atoms. The fourth-order valence-corrected chi connectivity index (χ4v) is 2.85. The number of hydrogen-bond donors (Lipinski definition) is 0. The second-order valence-corrected chi connectivity index (χ2v) is 4.86. The normalized spacial score (nSPS) is 9.85. The Bertz CT molecular complexity index is 352. The van der Waals surface area contributed by atoms with Crippen LogP contribution >= 0.6 is 56.8 Å². The molecule has 0 radical (unpaired) electrons. The highest BCUT2D eigenvalue weighted by atomic mass is 127. The van der Waals surface area contributed by atoms with Gasteiger partial charge in [0, 0.05) is 7.14 Å². The van der Waals surface area contributed by atoms with Crippen LogP contribution in [-0.4, -0.2) is 13.1 Å². The van der Waals surface area contributed by atoms with Gasteiger partial charge >= 0.3 is 5.97 Å². The van der Waals surface area contributed by atoms with Crippen molar-refractivity contribution >= 4 is 62.8 Å². The van der Waals surface area contributed by atoms with Gasteiger partial charge in [-0.3, -0.25) is 0 Å². The summed E-state index contributed by atoms with van der Waals surface area (Å²) < 4.78 is 6.23. The molecule has 0 amide bonds. The van der Waals surface area contributed by atoms with Crippen molar-refractivity contribution in [3.63, 3.8) is 0 Å². The molecule has 0 N–H and O–H groups in total. The van der Waals surface area contributed by atoms with Gasteiger partial charge in [0.25, 0.3) is 0 Å². The zero-order valence-corrected chi connectivity index (χ0v) is 11.7. The van der Waals surface area contributed by atoms with Crippen LogP contribution in [0, 0.1) is 7.14 Å². The molecule has 1 aromatic carbocycles. The Kier molecular flexibility index (Phi) is 4.24. The Morgan fingerprint density at radius 3 is 2.62 bits per heavy atom. The van der Waals surface area contributed by atoms with Crippen LogP contribution in [0.3, 0.4) is 0 Å². The average Bonchev–Trinajstić information content (AvgIpc) is 2.12. The molecule has 0 aromatic heterocycles. The molecule has 0 fully saturated rings. The van der Waals surface area contributed by atoms with Gasteiger partial charge in [0.2, 0.25) is 0 Å². The zero-order chi connectivity index (χ0) is 10.0. The molecule has 0 saturated carbocycles. The van der Waals surface area contributed by atoms with Gasteiger partial charge in [-0.05, 0) is 57.3 Å². The zero-order valence-electron chi connectivity index (χ0n) is 6.61. The van der Waals surface area contributed by atoms with Crippen molar-refractivity contribution in [2.24, 2.45) is 0 Å². The van der Waals surface area contributed by atoms with Crippen LogP contribution in [0.25, 0.3) is 0 Å². The van der Waals surface area contributed by atoms with Crippen molar-refractivity contribution in [2.45, 2.75) is 0 Å². The van der Waals surface area contributed by atoms with Crippen LogP contribution in [-0.2, 0) is 4.74 Å². The molecule has 0 saturated heterocycles. The first-order chi connectivity index (χ1) is 6.07. The lowest BCUT2D eigenvalue weighted by atomic mass is 10.2. The summed E-state index contributed by atoms with van der Waals surface area (Å²) in [7, 11) is 1.36. The summed E-state index contributed by atoms with van der Waals surface area (Å²) in [6, 6.07) is 3.55. The Morgan fingerprint density at radius 1 is 1.46 bits per heavy atom. The van der Waals surface area contributed by atoms with Crippen molar-refractivity contribution < 1.29 is 9.53 Å². The maximum Gasteiger partial charge on any atom is 0.340 e. The van der Waals surface area contributed by atoms with Gasteiger partial charge in [-0.15, -0.1) is 0 Å². The van der Waals surface area contributed by atoms with E-state index in [2.05, 4.69) is 27.3 Å². The molecule has 5 heteroatoms. The Hall–Kier alpha value is 0.440. The summed E-state index contributed by atoms with van der Waals surface area (Å²) in [6.07, 6.45) is 0. The Balaban J connectivity index is 3.33. The summed E-state index contributed by atoms with van der Waals surface area (Å²) in [5, 5.41) is 0.571. The number of methoxy groups -OCH3 is 1. The third kappa shape index (κ3) is 2.47. The Labute approximate surface area is 108 Å². The van der Waals surface area contributed by atoms with Crippen molar-refractivity contribution in [3.8, 4) is 0 Å². The highest BCUT2D eigenvalue weighted by Gasteiger charge is 2.16. The lowest BCUT2D eigenvalue weighted by Crippen LogP contribution is -2.06. The van der Waals surface area contributed by atoms with E-state index in [1.54, 1.807) is 12.1 Å². The van der Waals surface area contributed by atoms with Crippen LogP contribution in [0.1, 0.15) is 10.4 Å². The minimum atomic E-state index is -0.351. The third-order valence-electron chi connectivity index (χ3n) is 1.43. The lowest BCUT2D eigenvalue weighted by Gasteiger charge is -2.06. The monoisotopic (exact) mass is 422 g/mol. The second-order valence-electron chi connectivity index (χ2n) is 2.21. The first-order valence-electron chi connectivity index (χ1n) is 3.29. The Morgan fingerprint density at radius 2 is 2.08 bits per heavy atom. The van der Waals surface area contributed by atoms with E-state index >= 15 is 0 Å². The first-order valence-corrected chi connectivity index (χ1v) is 5.83. The van der Waals surface area contributed by atoms with Gasteiger partial charge in [0.15, 0.2) is 0 Å². The number of rotatable bonds is 1. The maximum absolute atomic E-state index is 11.3. The van der Waals surface area contributed by atoms with Crippen LogP contribution in [0.2, 0.25) is 5.02 Å².